The molecule has 1 aliphatic heterocycles. The number of aromatic nitrogens is 1. The van der Waals surface area contributed by atoms with Gasteiger partial charge in [0.25, 0.3) is 5.91 Å². The molecule has 0 aliphatic carbocycles. The van der Waals surface area contributed by atoms with Crippen LogP contribution >= 0.6 is 0 Å². The number of hydrogen-bond acceptors (Lipinski definition) is 5. The molecular weight excluding hydrogens is 423 g/mol. The van der Waals surface area contributed by atoms with E-state index in [9.17, 15) is 22.8 Å². The van der Waals surface area contributed by atoms with Gasteiger partial charge in [-0.2, -0.15) is 13.2 Å². The maximum Gasteiger partial charge on any atom is 0.418 e. The topological polar surface area (TPSA) is 71.5 Å². The summed E-state index contributed by atoms with van der Waals surface area (Å²) in [6.45, 7) is 0.586. The molecule has 0 unspecified atom stereocenters. The third-order valence-electron chi connectivity index (χ3n) is 5.28. The van der Waals surface area contributed by atoms with E-state index in [4.69, 9.17) is 4.74 Å². The number of pyridine rings is 1. The Morgan fingerprint density at radius 2 is 1.84 bits per heavy atom. The van der Waals surface area contributed by atoms with Crippen molar-refractivity contribution >= 4 is 28.5 Å². The molecule has 0 saturated heterocycles. The Labute approximate surface area is 182 Å². The lowest BCUT2D eigenvalue weighted by Crippen LogP contribution is -2.30. The van der Waals surface area contributed by atoms with Crippen LogP contribution in [0.15, 0.2) is 48.5 Å². The van der Waals surface area contributed by atoms with E-state index >= 15 is 0 Å². The molecule has 1 N–H and O–H groups in total. The normalized spacial score (nSPS) is 14.1. The number of fused-ring (bicyclic) bond motifs is 2. The average molecular weight is 443 g/mol. The van der Waals surface area contributed by atoms with Gasteiger partial charge < -0.3 is 15.0 Å². The van der Waals surface area contributed by atoms with Crippen LogP contribution in [0.3, 0.4) is 0 Å². The van der Waals surface area contributed by atoms with Crippen LogP contribution in [-0.2, 0) is 28.7 Å². The smallest absolute Gasteiger partial charge is 0.418 e. The first-order valence-electron chi connectivity index (χ1n) is 9.96. The predicted octanol–water partition coefficient (Wildman–Crippen LogP) is 4.04. The fourth-order valence-electron chi connectivity index (χ4n) is 3.79. The molecule has 0 spiro atoms. The van der Waals surface area contributed by atoms with Crippen molar-refractivity contribution in [1.29, 1.82) is 0 Å². The van der Waals surface area contributed by atoms with Crippen molar-refractivity contribution in [3.63, 3.8) is 0 Å². The third-order valence-corrected chi connectivity index (χ3v) is 5.28. The minimum absolute atomic E-state index is 0.334. The lowest BCUT2D eigenvalue weighted by molar-refractivity contribution is -0.137. The van der Waals surface area contributed by atoms with Crippen LogP contribution in [0.25, 0.3) is 10.9 Å². The highest BCUT2D eigenvalue weighted by Gasteiger charge is 2.33. The molecule has 166 valence electrons. The van der Waals surface area contributed by atoms with Gasteiger partial charge in [0.05, 0.1) is 22.3 Å². The fourth-order valence-corrected chi connectivity index (χ4v) is 3.79. The Morgan fingerprint density at radius 3 is 2.62 bits per heavy atom. The summed E-state index contributed by atoms with van der Waals surface area (Å²) < 4.78 is 44.6. The van der Waals surface area contributed by atoms with Gasteiger partial charge in [-0.1, -0.05) is 30.3 Å². The number of carbonyl (C=O) groups is 2. The van der Waals surface area contributed by atoms with Gasteiger partial charge in [-0.05, 0) is 25.2 Å². The maximum absolute atomic E-state index is 13.1. The molecule has 32 heavy (non-hydrogen) atoms. The summed E-state index contributed by atoms with van der Waals surface area (Å²) in [6, 6.07) is 11.8. The van der Waals surface area contributed by atoms with Gasteiger partial charge in [-0.25, -0.2) is 4.79 Å². The van der Waals surface area contributed by atoms with E-state index in [1.54, 1.807) is 18.2 Å². The third kappa shape index (κ3) is 4.43. The zero-order chi connectivity index (χ0) is 22.9. The number of halogens is 3. The highest BCUT2D eigenvalue weighted by molar-refractivity contribution is 6.06. The van der Waals surface area contributed by atoms with Gasteiger partial charge in [0.15, 0.2) is 6.61 Å². The SMILES string of the molecule is CN1CCc2nc3ccccc3c(C(=O)OCC(=O)Nc3ccccc3C(F)(F)F)c2C1. The van der Waals surface area contributed by atoms with Gasteiger partial charge in [-0.15, -0.1) is 0 Å². The molecule has 0 fully saturated rings. The first-order valence-corrected chi connectivity index (χ1v) is 9.96. The largest absolute Gasteiger partial charge is 0.452 e. The number of esters is 1. The van der Waals surface area contributed by atoms with Crippen LogP contribution in [0, 0.1) is 0 Å². The Balaban J connectivity index is 1.56. The van der Waals surface area contributed by atoms with Crippen LogP contribution in [0.5, 0.6) is 0 Å². The zero-order valence-electron chi connectivity index (χ0n) is 17.2. The first kappa shape index (κ1) is 21.8. The molecule has 1 amide bonds. The Morgan fingerprint density at radius 1 is 1.12 bits per heavy atom. The monoisotopic (exact) mass is 443 g/mol. The van der Waals surface area contributed by atoms with Gasteiger partial charge in [-0.3, -0.25) is 9.78 Å². The number of carbonyl (C=O) groups excluding carboxylic acids is 2. The molecule has 3 aromatic rings. The minimum atomic E-state index is -4.62. The molecule has 0 atom stereocenters. The lowest BCUT2D eigenvalue weighted by atomic mass is 9.96. The molecule has 4 rings (SSSR count). The highest BCUT2D eigenvalue weighted by Crippen LogP contribution is 2.34. The van der Waals surface area contributed by atoms with Crippen molar-refractivity contribution in [3.05, 3.63) is 70.9 Å². The number of nitrogens with one attached hydrogen (secondary N) is 1. The molecule has 1 aromatic heterocycles. The van der Waals surface area contributed by atoms with Crippen molar-refractivity contribution in [2.24, 2.45) is 0 Å². The van der Waals surface area contributed by atoms with E-state index < -0.39 is 35.9 Å². The number of alkyl halides is 3. The molecule has 1 aliphatic rings. The zero-order valence-corrected chi connectivity index (χ0v) is 17.2. The summed E-state index contributed by atoms with van der Waals surface area (Å²) in [5.41, 5.74) is 1.15. The summed E-state index contributed by atoms with van der Waals surface area (Å²) in [4.78, 5) is 32.0. The van der Waals surface area contributed by atoms with Gasteiger partial charge in [0.1, 0.15) is 0 Å². The molecule has 2 heterocycles. The number of amides is 1. The number of para-hydroxylation sites is 2. The summed E-state index contributed by atoms with van der Waals surface area (Å²) in [5.74, 6) is -1.58. The Kier molecular flexibility index (Phi) is 5.84. The summed E-state index contributed by atoms with van der Waals surface area (Å²) in [5, 5.41) is 2.78. The second-order valence-corrected chi connectivity index (χ2v) is 7.58. The Bertz CT molecular complexity index is 1190. The van der Waals surface area contributed by atoms with Crippen LogP contribution in [0.4, 0.5) is 18.9 Å². The Hall–Kier alpha value is -3.46. The number of ether oxygens (including phenoxy) is 1. The van der Waals surface area contributed by atoms with Crippen LogP contribution in [0.2, 0.25) is 0 Å². The van der Waals surface area contributed by atoms with E-state index in [0.717, 1.165) is 29.9 Å². The van der Waals surface area contributed by atoms with E-state index in [1.807, 2.05) is 13.1 Å². The molecule has 2 aromatic carbocycles. The van der Waals surface area contributed by atoms with E-state index in [0.29, 0.717) is 29.4 Å². The number of rotatable bonds is 4. The molecule has 0 radical (unpaired) electrons. The summed E-state index contributed by atoms with van der Waals surface area (Å²) >= 11 is 0. The number of hydrogen-bond donors (Lipinski definition) is 1. The number of benzene rings is 2. The number of nitrogens with zero attached hydrogens (tertiary/aromatic N) is 2. The number of likely N-dealkylation sites (N-methyl/N-ethyl adjacent to an activating group) is 1. The predicted molar refractivity (Wildman–Crippen MR) is 112 cm³/mol. The first-order chi connectivity index (χ1) is 15.2. The lowest BCUT2D eigenvalue weighted by Gasteiger charge is -2.26. The van der Waals surface area contributed by atoms with Gasteiger partial charge in [0, 0.05) is 36.2 Å². The van der Waals surface area contributed by atoms with Gasteiger partial charge >= 0.3 is 12.1 Å². The van der Waals surface area contributed by atoms with Crippen molar-refractivity contribution in [3.8, 4) is 0 Å². The molecule has 0 bridgehead atoms. The van der Waals surface area contributed by atoms with Crippen molar-refractivity contribution in [2.75, 3.05) is 25.5 Å². The van der Waals surface area contributed by atoms with Crippen LogP contribution in [-0.4, -0.2) is 42.0 Å². The second-order valence-electron chi connectivity index (χ2n) is 7.58. The maximum atomic E-state index is 13.1. The average Bonchev–Trinajstić information content (AvgIpc) is 2.75. The molecule has 6 nitrogen and oxygen atoms in total. The highest BCUT2D eigenvalue weighted by atomic mass is 19.4. The van der Waals surface area contributed by atoms with Crippen molar-refractivity contribution in [2.45, 2.75) is 19.1 Å². The minimum Gasteiger partial charge on any atom is -0.452 e. The van der Waals surface area contributed by atoms with Crippen molar-refractivity contribution < 1.29 is 27.5 Å². The molecular formula is C23H20F3N3O3. The van der Waals surface area contributed by atoms with Crippen LogP contribution in [0.1, 0.15) is 27.2 Å². The van der Waals surface area contributed by atoms with E-state index in [1.165, 1.54) is 12.1 Å². The summed E-state index contributed by atoms with van der Waals surface area (Å²) in [6.07, 6.45) is -3.95. The standard InChI is InChI=1S/C23H20F3N3O3/c1-29-11-10-18-15(12-29)21(14-6-2-4-8-17(14)27-18)22(31)32-13-20(30)28-19-9-5-3-7-16(19)23(24,25)26/h2-9H,10-13H2,1H3,(H,28,30). The second kappa shape index (κ2) is 8.58. The van der Waals surface area contributed by atoms with Crippen molar-refractivity contribution in [1.82, 2.24) is 9.88 Å². The molecule has 0 saturated carbocycles. The van der Waals surface area contributed by atoms with E-state index in [-0.39, 0.29) is 0 Å². The number of anilines is 1. The van der Waals surface area contributed by atoms with E-state index in [2.05, 4.69) is 15.2 Å². The quantitative estimate of drug-likeness (QED) is 0.617. The van der Waals surface area contributed by atoms with Crippen LogP contribution < -0.4 is 5.32 Å². The molecule has 9 heteroatoms. The fraction of sp³-hybridized carbons (Fsp3) is 0.261. The summed E-state index contributed by atoms with van der Waals surface area (Å²) in [7, 11) is 1.93. The van der Waals surface area contributed by atoms with Gasteiger partial charge in [0.2, 0.25) is 0 Å².